The van der Waals surface area contributed by atoms with Gasteiger partial charge in [0.1, 0.15) is 0 Å². The molecule has 1 atom stereocenters. The highest BCUT2D eigenvalue weighted by Gasteiger charge is 2.31. The molecular formula is C14H22N2O2S. The Labute approximate surface area is 115 Å². The van der Waals surface area contributed by atoms with Gasteiger partial charge in [-0.25, -0.2) is 8.42 Å². The smallest absolute Gasteiger partial charge is 0.243 e. The van der Waals surface area contributed by atoms with E-state index in [1.54, 1.807) is 19.2 Å². The van der Waals surface area contributed by atoms with E-state index in [0.717, 1.165) is 19.5 Å². The lowest BCUT2D eigenvalue weighted by Crippen LogP contribution is -2.57. The quantitative estimate of drug-likeness (QED) is 0.896. The normalized spacial score (nSPS) is 18.3. The Hall–Kier alpha value is -0.910. The summed E-state index contributed by atoms with van der Waals surface area (Å²) in [5, 5.41) is 3.09. The van der Waals surface area contributed by atoms with Gasteiger partial charge in [-0.3, -0.25) is 0 Å². The van der Waals surface area contributed by atoms with E-state index < -0.39 is 10.0 Å². The van der Waals surface area contributed by atoms with Gasteiger partial charge in [-0.05, 0) is 30.0 Å². The molecule has 0 bridgehead atoms. The van der Waals surface area contributed by atoms with Crippen LogP contribution in [0.4, 0.5) is 0 Å². The monoisotopic (exact) mass is 282 g/mol. The second-order valence-corrected chi connectivity index (χ2v) is 7.21. The van der Waals surface area contributed by atoms with Gasteiger partial charge in [0.25, 0.3) is 0 Å². The molecule has 1 N–H and O–H groups in total. The van der Waals surface area contributed by atoms with Crippen molar-refractivity contribution in [3.63, 3.8) is 0 Å². The molecule has 1 fully saturated rings. The summed E-state index contributed by atoms with van der Waals surface area (Å²) in [5.41, 5.74) is 1.19. The zero-order valence-corrected chi connectivity index (χ0v) is 12.6. The van der Waals surface area contributed by atoms with Crippen LogP contribution in [0, 0.1) is 0 Å². The molecule has 5 heteroatoms. The van der Waals surface area contributed by atoms with Gasteiger partial charge in [0.05, 0.1) is 4.90 Å². The second kappa shape index (κ2) is 5.61. The van der Waals surface area contributed by atoms with E-state index in [2.05, 4.69) is 19.2 Å². The fraction of sp³-hybridized carbons (Fsp3) is 0.571. The average molecular weight is 282 g/mol. The Balaban J connectivity index is 2.20. The molecule has 1 unspecified atom stereocenters. The first-order valence-corrected chi connectivity index (χ1v) is 8.19. The highest BCUT2D eigenvalue weighted by Crippen LogP contribution is 2.23. The van der Waals surface area contributed by atoms with Crippen molar-refractivity contribution < 1.29 is 8.42 Å². The van der Waals surface area contributed by atoms with Gasteiger partial charge in [-0.15, -0.1) is 0 Å². The van der Waals surface area contributed by atoms with E-state index in [4.69, 9.17) is 0 Å². The van der Waals surface area contributed by atoms with Crippen LogP contribution in [-0.4, -0.2) is 38.9 Å². The van der Waals surface area contributed by atoms with Crippen LogP contribution in [0.1, 0.15) is 31.7 Å². The maximum atomic E-state index is 12.4. The lowest BCUT2D eigenvalue weighted by molar-refractivity contribution is 0.274. The van der Waals surface area contributed by atoms with Crippen molar-refractivity contribution in [1.82, 2.24) is 9.62 Å². The molecule has 4 nitrogen and oxygen atoms in total. The maximum Gasteiger partial charge on any atom is 0.243 e. The fourth-order valence-corrected chi connectivity index (χ4v) is 3.45. The van der Waals surface area contributed by atoms with Crippen LogP contribution in [0.3, 0.4) is 0 Å². The van der Waals surface area contributed by atoms with E-state index in [1.807, 2.05) is 12.1 Å². The third-order valence-corrected chi connectivity index (χ3v) is 5.94. The summed E-state index contributed by atoms with van der Waals surface area (Å²) >= 11 is 0. The minimum atomic E-state index is -3.35. The molecule has 1 heterocycles. The second-order valence-electron chi connectivity index (χ2n) is 5.21. The molecule has 0 aromatic heterocycles. The number of hydrogen-bond acceptors (Lipinski definition) is 3. The Bertz CT molecular complexity index is 521. The molecule has 0 radical (unpaired) electrons. The molecule has 1 aliphatic heterocycles. The standard InChI is InChI=1S/C14H22N2O2S/c1-4-11(2)12-5-7-14(8-6-12)19(17,18)16(3)13-9-15-10-13/h5-8,11,13,15H,4,9-10H2,1-3H3. The van der Waals surface area contributed by atoms with Crippen LogP contribution < -0.4 is 5.32 Å². The minimum Gasteiger partial charge on any atom is -0.313 e. The number of nitrogens with one attached hydrogen (secondary N) is 1. The maximum absolute atomic E-state index is 12.4. The molecule has 106 valence electrons. The van der Waals surface area contributed by atoms with E-state index in [9.17, 15) is 8.42 Å². The zero-order chi connectivity index (χ0) is 14.0. The van der Waals surface area contributed by atoms with Gasteiger partial charge in [-0.2, -0.15) is 4.31 Å². The van der Waals surface area contributed by atoms with Gasteiger partial charge in [-0.1, -0.05) is 26.0 Å². The largest absolute Gasteiger partial charge is 0.313 e. The van der Waals surface area contributed by atoms with Crippen LogP contribution >= 0.6 is 0 Å². The average Bonchev–Trinajstić information content (AvgIpc) is 2.36. The lowest BCUT2D eigenvalue weighted by Gasteiger charge is -2.34. The van der Waals surface area contributed by atoms with E-state index in [-0.39, 0.29) is 6.04 Å². The lowest BCUT2D eigenvalue weighted by atomic mass is 9.99. The predicted octanol–water partition coefficient (Wildman–Crippen LogP) is 1.79. The van der Waals surface area contributed by atoms with Crippen LogP contribution in [-0.2, 0) is 10.0 Å². The first kappa shape index (κ1) is 14.5. The summed E-state index contributed by atoms with van der Waals surface area (Å²) in [6, 6.07) is 7.37. The van der Waals surface area contributed by atoms with E-state index >= 15 is 0 Å². The summed E-state index contributed by atoms with van der Waals surface area (Å²) in [6.45, 7) is 5.75. The molecule has 1 aromatic rings. The molecule has 1 aromatic carbocycles. The Morgan fingerprint density at radius 2 is 1.89 bits per heavy atom. The third kappa shape index (κ3) is 2.83. The number of rotatable bonds is 5. The highest BCUT2D eigenvalue weighted by molar-refractivity contribution is 7.89. The Morgan fingerprint density at radius 3 is 2.32 bits per heavy atom. The summed E-state index contributed by atoms with van der Waals surface area (Å²) in [7, 11) is -1.70. The predicted molar refractivity (Wildman–Crippen MR) is 76.8 cm³/mol. The molecule has 0 aliphatic carbocycles. The van der Waals surface area contributed by atoms with Crippen molar-refractivity contribution >= 4 is 10.0 Å². The molecule has 1 aliphatic rings. The zero-order valence-electron chi connectivity index (χ0n) is 11.8. The van der Waals surface area contributed by atoms with Crippen molar-refractivity contribution in [2.24, 2.45) is 0 Å². The molecule has 0 saturated carbocycles. The van der Waals surface area contributed by atoms with E-state index in [0.29, 0.717) is 10.8 Å². The summed E-state index contributed by atoms with van der Waals surface area (Å²) in [5.74, 6) is 0.463. The SMILES string of the molecule is CCC(C)c1ccc(S(=O)(=O)N(C)C2CNC2)cc1. The first-order valence-electron chi connectivity index (χ1n) is 6.75. The Kier molecular flexibility index (Phi) is 4.28. The number of sulfonamides is 1. The van der Waals surface area contributed by atoms with Gasteiger partial charge < -0.3 is 5.32 Å². The van der Waals surface area contributed by atoms with Crippen molar-refractivity contribution in [2.75, 3.05) is 20.1 Å². The first-order chi connectivity index (χ1) is 8.96. The number of likely N-dealkylation sites (N-methyl/N-ethyl adjacent to an activating group) is 1. The minimum absolute atomic E-state index is 0.0826. The molecule has 0 amide bonds. The van der Waals surface area contributed by atoms with Crippen molar-refractivity contribution in [3.05, 3.63) is 29.8 Å². The van der Waals surface area contributed by atoms with Crippen molar-refractivity contribution in [2.45, 2.75) is 37.1 Å². The van der Waals surface area contributed by atoms with Crippen LogP contribution in [0.2, 0.25) is 0 Å². The molecule has 1 saturated heterocycles. The molecule has 2 rings (SSSR count). The van der Waals surface area contributed by atoms with E-state index in [1.165, 1.54) is 9.87 Å². The number of hydrogen-bond donors (Lipinski definition) is 1. The summed E-state index contributed by atoms with van der Waals surface area (Å²) in [6.07, 6.45) is 1.06. The Morgan fingerprint density at radius 1 is 1.32 bits per heavy atom. The summed E-state index contributed by atoms with van der Waals surface area (Å²) in [4.78, 5) is 0.383. The molecule has 0 spiro atoms. The van der Waals surface area contributed by atoms with Crippen LogP contribution in [0.25, 0.3) is 0 Å². The van der Waals surface area contributed by atoms with Crippen LogP contribution in [0.15, 0.2) is 29.2 Å². The van der Waals surface area contributed by atoms with Gasteiger partial charge in [0, 0.05) is 26.2 Å². The highest BCUT2D eigenvalue weighted by atomic mass is 32.2. The van der Waals surface area contributed by atoms with Gasteiger partial charge in [0.2, 0.25) is 10.0 Å². The van der Waals surface area contributed by atoms with Crippen molar-refractivity contribution in [3.8, 4) is 0 Å². The third-order valence-electron chi connectivity index (χ3n) is 4.01. The number of nitrogens with zero attached hydrogens (tertiary/aromatic N) is 1. The topological polar surface area (TPSA) is 49.4 Å². The van der Waals surface area contributed by atoms with Gasteiger partial charge in [0.15, 0.2) is 0 Å². The fourth-order valence-electron chi connectivity index (χ4n) is 2.10. The van der Waals surface area contributed by atoms with Crippen LogP contribution in [0.5, 0.6) is 0 Å². The van der Waals surface area contributed by atoms with Crippen molar-refractivity contribution in [1.29, 1.82) is 0 Å². The van der Waals surface area contributed by atoms with Gasteiger partial charge >= 0.3 is 0 Å². The molecular weight excluding hydrogens is 260 g/mol. The molecule has 19 heavy (non-hydrogen) atoms. The number of benzene rings is 1. The summed E-state index contributed by atoms with van der Waals surface area (Å²) < 4.78 is 26.3.